The zero-order valence-corrected chi connectivity index (χ0v) is 16.7. The Morgan fingerprint density at radius 3 is 2.48 bits per heavy atom. The third-order valence-electron chi connectivity index (χ3n) is 4.69. The van der Waals surface area contributed by atoms with Gasteiger partial charge >= 0.3 is 0 Å². The maximum atomic E-state index is 12.3. The Morgan fingerprint density at radius 1 is 0.931 bits per heavy atom. The quantitative estimate of drug-likeness (QED) is 0.512. The van der Waals surface area contributed by atoms with Crippen LogP contribution in [0, 0.1) is 0 Å². The van der Waals surface area contributed by atoms with Crippen molar-refractivity contribution in [2.24, 2.45) is 0 Å². The van der Waals surface area contributed by atoms with E-state index in [1.807, 2.05) is 36.4 Å². The number of hydrogen-bond acceptors (Lipinski definition) is 4. The van der Waals surface area contributed by atoms with Gasteiger partial charge in [-0.25, -0.2) is 4.98 Å². The first-order valence-electron chi connectivity index (χ1n) is 9.90. The minimum absolute atomic E-state index is 0.122. The number of anilines is 1. The Morgan fingerprint density at radius 2 is 1.72 bits per heavy atom. The number of pyridine rings is 1. The largest absolute Gasteiger partial charge is 0.496 e. The van der Waals surface area contributed by atoms with Gasteiger partial charge in [0, 0.05) is 19.3 Å². The van der Waals surface area contributed by atoms with Crippen LogP contribution >= 0.6 is 0 Å². The molecule has 3 aromatic rings. The van der Waals surface area contributed by atoms with Gasteiger partial charge in [-0.15, -0.1) is 0 Å². The molecule has 0 bridgehead atoms. The average Bonchev–Trinajstić information content (AvgIpc) is 2.78. The van der Waals surface area contributed by atoms with Gasteiger partial charge < -0.3 is 15.4 Å². The number of methoxy groups -OCH3 is 1. The number of aromatic nitrogens is 1. The lowest BCUT2D eigenvalue weighted by molar-refractivity contribution is 0.0953. The molecule has 29 heavy (non-hydrogen) atoms. The van der Waals surface area contributed by atoms with E-state index in [1.165, 1.54) is 5.56 Å². The van der Waals surface area contributed by atoms with E-state index in [0.29, 0.717) is 18.5 Å². The first-order chi connectivity index (χ1) is 14.3. The number of aryl methyl sites for hydroxylation is 1. The Bertz CT molecular complexity index is 896. The molecule has 0 unspecified atom stereocenters. The van der Waals surface area contributed by atoms with Gasteiger partial charge in [0.25, 0.3) is 5.91 Å². The maximum absolute atomic E-state index is 12.3. The number of hydrogen-bond donors (Lipinski definition) is 2. The average molecular weight is 389 g/mol. The molecule has 2 N–H and O–H groups in total. The second-order valence-corrected chi connectivity index (χ2v) is 6.77. The normalized spacial score (nSPS) is 10.4. The summed E-state index contributed by atoms with van der Waals surface area (Å²) in [5.74, 6) is 1.50. The van der Waals surface area contributed by atoms with Crippen LogP contribution in [0.3, 0.4) is 0 Å². The number of rotatable bonds is 10. The van der Waals surface area contributed by atoms with Crippen molar-refractivity contribution in [2.45, 2.75) is 19.3 Å². The fraction of sp³-hybridized carbons (Fsp3) is 0.250. The summed E-state index contributed by atoms with van der Waals surface area (Å²) in [4.78, 5) is 16.7. The smallest absolute Gasteiger partial charge is 0.252 e. The van der Waals surface area contributed by atoms with Crippen LogP contribution in [0.2, 0.25) is 0 Å². The molecule has 1 heterocycles. The Kier molecular flexibility index (Phi) is 7.63. The van der Waals surface area contributed by atoms with E-state index in [4.69, 9.17) is 4.74 Å². The molecule has 0 aliphatic carbocycles. The number of nitrogens with one attached hydrogen (secondary N) is 2. The SMILES string of the molecule is COc1ccccc1CCNC(=O)c1ccc(NCCCc2ccccc2)nc1. The number of carbonyl (C=O) groups is 1. The second kappa shape index (κ2) is 10.9. The summed E-state index contributed by atoms with van der Waals surface area (Å²) in [7, 11) is 1.65. The first-order valence-corrected chi connectivity index (χ1v) is 9.90. The molecule has 0 radical (unpaired) electrons. The van der Waals surface area contributed by atoms with E-state index in [2.05, 4.69) is 39.9 Å². The minimum atomic E-state index is -0.122. The highest BCUT2D eigenvalue weighted by atomic mass is 16.5. The third-order valence-corrected chi connectivity index (χ3v) is 4.69. The summed E-state index contributed by atoms with van der Waals surface area (Å²) in [6.45, 7) is 1.38. The Balaban J connectivity index is 1.40. The van der Waals surface area contributed by atoms with Crippen molar-refractivity contribution in [3.63, 3.8) is 0 Å². The van der Waals surface area contributed by atoms with E-state index < -0.39 is 0 Å². The summed E-state index contributed by atoms with van der Waals surface area (Å²) in [5, 5.41) is 6.24. The molecule has 0 fully saturated rings. The number of para-hydroxylation sites is 1. The van der Waals surface area contributed by atoms with Gasteiger partial charge in [0.1, 0.15) is 11.6 Å². The van der Waals surface area contributed by atoms with Gasteiger partial charge in [0.15, 0.2) is 0 Å². The van der Waals surface area contributed by atoms with Crippen molar-refractivity contribution in [2.75, 3.05) is 25.5 Å². The highest BCUT2D eigenvalue weighted by Crippen LogP contribution is 2.17. The lowest BCUT2D eigenvalue weighted by Gasteiger charge is -2.10. The predicted molar refractivity (Wildman–Crippen MR) is 117 cm³/mol. The topological polar surface area (TPSA) is 63.2 Å². The van der Waals surface area contributed by atoms with Crippen LogP contribution in [0.5, 0.6) is 5.75 Å². The van der Waals surface area contributed by atoms with Crippen LogP contribution in [0.25, 0.3) is 0 Å². The van der Waals surface area contributed by atoms with Crippen LogP contribution in [-0.4, -0.2) is 31.1 Å². The first kappa shape index (κ1) is 20.4. The van der Waals surface area contributed by atoms with Gasteiger partial charge in [0.2, 0.25) is 0 Å². The molecule has 3 rings (SSSR count). The lowest BCUT2D eigenvalue weighted by atomic mass is 10.1. The van der Waals surface area contributed by atoms with Crippen molar-refractivity contribution in [1.82, 2.24) is 10.3 Å². The van der Waals surface area contributed by atoms with E-state index in [9.17, 15) is 4.79 Å². The van der Waals surface area contributed by atoms with Crippen molar-refractivity contribution in [3.05, 3.63) is 89.6 Å². The Hall–Kier alpha value is -3.34. The van der Waals surface area contributed by atoms with Crippen molar-refractivity contribution >= 4 is 11.7 Å². The van der Waals surface area contributed by atoms with Crippen LogP contribution in [0.1, 0.15) is 27.9 Å². The van der Waals surface area contributed by atoms with Gasteiger partial charge in [-0.05, 0) is 48.6 Å². The predicted octanol–water partition coefficient (Wildman–Crippen LogP) is 4.11. The highest BCUT2D eigenvalue weighted by Gasteiger charge is 2.07. The maximum Gasteiger partial charge on any atom is 0.252 e. The molecule has 0 saturated heterocycles. The molecule has 1 aromatic heterocycles. The zero-order valence-electron chi connectivity index (χ0n) is 16.7. The summed E-state index contributed by atoms with van der Waals surface area (Å²) < 4.78 is 5.34. The molecule has 0 saturated carbocycles. The van der Waals surface area contributed by atoms with Crippen molar-refractivity contribution in [1.29, 1.82) is 0 Å². The lowest BCUT2D eigenvalue weighted by Crippen LogP contribution is -2.26. The molecule has 2 aromatic carbocycles. The zero-order chi connectivity index (χ0) is 20.3. The molecular weight excluding hydrogens is 362 g/mol. The van der Waals surface area contributed by atoms with E-state index in [-0.39, 0.29) is 5.91 Å². The van der Waals surface area contributed by atoms with E-state index >= 15 is 0 Å². The van der Waals surface area contributed by atoms with E-state index in [0.717, 1.165) is 36.5 Å². The number of carbonyl (C=O) groups excluding carboxylic acids is 1. The van der Waals surface area contributed by atoms with Crippen LogP contribution in [0.4, 0.5) is 5.82 Å². The molecule has 0 aliphatic rings. The number of ether oxygens (including phenoxy) is 1. The van der Waals surface area contributed by atoms with Gasteiger partial charge in [-0.2, -0.15) is 0 Å². The fourth-order valence-electron chi connectivity index (χ4n) is 3.11. The standard InChI is InChI=1S/C24H27N3O2/c1-29-22-12-6-5-11-20(22)15-17-26-24(28)21-13-14-23(27-18-21)25-16-7-10-19-8-3-2-4-9-19/h2-6,8-9,11-14,18H,7,10,15-17H2,1H3,(H,25,27)(H,26,28). The summed E-state index contributed by atoms with van der Waals surface area (Å²) in [6, 6.07) is 21.9. The highest BCUT2D eigenvalue weighted by molar-refractivity contribution is 5.94. The van der Waals surface area contributed by atoms with Gasteiger partial charge in [-0.1, -0.05) is 48.5 Å². The molecule has 0 atom stereocenters. The van der Waals surface area contributed by atoms with Crippen LogP contribution in [0.15, 0.2) is 72.9 Å². The summed E-state index contributed by atoms with van der Waals surface area (Å²) in [6.07, 6.45) is 4.37. The van der Waals surface area contributed by atoms with Gasteiger partial charge in [-0.3, -0.25) is 4.79 Å². The van der Waals surface area contributed by atoms with Gasteiger partial charge in [0.05, 0.1) is 12.7 Å². The molecule has 150 valence electrons. The molecule has 1 amide bonds. The molecule has 0 aliphatic heterocycles. The molecule has 5 heteroatoms. The van der Waals surface area contributed by atoms with E-state index in [1.54, 1.807) is 19.4 Å². The van der Waals surface area contributed by atoms with Crippen LogP contribution < -0.4 is 15.4 Å². The third kappa shape index (κ3) is 6.35. The minimum Gasteiger partial charge on any atom is -0.496 e. The molecular formula is C24H27N3O2. The molecule has 0 spiro atoms. The van der Waals surface area contributed by atoms with Crippen molar-refractivity contribution < 1.29 is 9.53 Å². The number of amides is 1. The number of nitrogens with zero attached hydrogens (tertiary/aromatic N) is 1. The summed E-state index contributed by atoms with van der Waals surface area (Å²) in [5.41, 5.74) is 2.96. The monoisotopic (exact) mass is 389 g/mol. The number of benzene rings is 2. The van der Waals surface area contributed by atoms with Crippen molar-refractivity contribution in [3.8, 4) is 5.75 Å². The fourth-order valence-corrected chi connectivity index (χ4v) is 3.11. The Labute approximate surface area is 172 Å². The van der Waals surface area contributed by atoms with Crippen LogP contribution in [-0.2, 0) is 12.8 Å². The molecule has 5 nitrogen and oxygen atoms in total. The second-order valence-electron chi connectivity index (χ2n) is 6.77. The summed E-state index contributed by atoms with van der Waals surface area (Å²) >= 11 is 0.